The number of nitrogens with one attached hydrogen (secondary N) is 1. The van der Waals surface area contributed by atoms with Gasteiger partial charge < -0.3 is 5.32 Å². The number of anilines is 2. The molecule has 0 saturated heterocycles. The fourth-order valence-electron chi connectivity index (χ4n) is 1.49. The topological polar surface area (TPSA) is 37.8 Å². The maximum atomic E-state index is 12.6. The van der Waals surface area contributed by atoms with E-state index in [9.17, 15) is 4.39 Å². The Labute approximate surface area is 93.4 Å². The Morgan fingerprint density at radius 3 is 2.56 bits per heavy atom. The minimum atomic E-state index is -0.348. The molecule has 0 saturated carbocycles. The molecule has 2 heterocycles. The van der Waals surface area contributed by atoms with E-state index in [4.69, 9.17) is 0 Å². The molecule has 1 N–H and O–H groups in total. The van der Waals surface area contributed by atoms with Gasteiger partial charge in [0, 0.05) is 5.69 Å². The van der Waals surface area contributed by atoms with Crippen LogP contribution in [0.15, 0.2) is 30.5 Å². The molecule has 0 aliphatic heterocycles. The predicted molar refractivity (Wildman–Crippen MR) is 61.2 cm³/mol. The molecule has 2 aromatic heterocycles. The van der Waals surface area contributed by atoms with E-state index in [1.807, 2.05) is 26.0 Å². The summed E-state index contributed by atoms with van der Waals surface area (Å²) in [6.45, 7) is 3.92. The van der Waals surface area contributed by atoms with Crippen LogP contribution >= 0.6 is 0 Å². The molecule has 3 nitrogen and oxygen atoms in total. The third-order valence-electron chi connectivity index (χ3n) is 2.08. The highest BCUT2D eigenvalue weighted by atomic mass is 19.1. The van der Waals surface area contributed by atoms with E-state index >= 15 is 0 Å². The van der Waals surface area contributed by atoms with E-state index < -0.39 is 0 Å². The molecule has 0 fully saturated rings. The first-order chi connectivity index (χ1) is 7.63. The van der Waals surface area contributed by atoms with Crippen LogP contribution in [0.5, 0.6) is 0 Å². The minimum absolute atomic E-state index is 0.348. The van der Waals surface area contributed by atoms with Crippen LogP contribution in [-0.2, 0) is 0 Å². The molecule has 82 valence electrons. The zero-order valence-corrected chi connectivity index (χ0v) is 9.16. The van der Waals surface area contributed by atoms with Crippen molar-refractivity contribution in [2.24, 2.45) is 0 Å². The lowest BCUT2D eigenvalue weighted by molar-refractivity contribution is 0.622. The number of halogens is 1. The fraction of sp³-hybridized carbons (Fsp3) is 0.167. The van der Waals surface area contributed by atoms with Crippen LogP contribution in [0.25, 0.3) is 0 Å². The SMILES string of the molecule is Cc1cc(C)nc(Nc2ccc(F)cn2)c1. The van der Waals surface area contributed by atoms with Gasteiger partial charge in [0.25, 0.3) is 0 Å². The lowest BCUT2D eigenvalue weighted by Crippen LogP contribution is -1.97. The number of nitrogens with zero attached hydrogens (tertiary/aromatic N) is 2. The zero-order valence-electron chi connectivity index (χ0n) is 9.16. The Hall–Kier alpha value is -1.97. The Bertz CT molecular complexity index is 474. The van der Waals surface area contributed by atoms with Crippen LogP contribution in [0.4, 0.5) is 16.0 Å². The molecule has 2 aromatic rings. The Morgan fingerprint density at radius 2 is 1.94 bits per heavy atom. The summed E-state index contributed by atoms with van der Waals surface area (Å²) in [6, 6.07) is 6.84. The van der Waals surface area contributed by atoms with E-state index in [0.29, 0.717) is 5.82 Å². The van der Waals surface area contributed by atoms with Gasteiger partial charge in [0.05, 0.1) is 6.20 Å². The summed E-state index contributed by atoms with van der Waals surface area (Å²) in [5.74, 6) is 0.953. The van der Waals surface area contributed by atoms with E-state index in [0.717, 1.165) is 17.1 Å². The quantitative estimate of drug-likeness (QED) is 0.840. The maximum Gasteiger partial charge on any atom is 0.141 e. The second-order valence-corrected chi connectivity index (χ2v) is 3.66. The highest BCUT2D eigenvalue weighted by Crippen LogP contribution is 2.14. The first kappa shape index (κ1) is 10.5. The van der Waals surface area contributed by atoms with E-state index in [1.165, 1.54) is 12.3 Å². The number of aryl methyl sites for hydroxylation is 2. The Balaban J connectivity index is 2.23. The first-order valence-electron chi connectivity index (χ1n) is 4.97. The second kappa shape index (κ2) is 4.26. The van der Waals surface area contributed by atoms with Gasteiger partial charge in [-0.2, -0.15) is 0 Å². The van der Waals surface area contributed by atoms with Crippen molar-refractivity contribution in [2.45, 2.75) is 13.8 Å². The summed E-state index contributed by atoms with van der Waals surface area (Å²) in [6.07, 6.45) is 1.17. The number of aromatic nitrogens is 2. The van der Waals surface area contributed by atoms with Crippen molar-refractivity contribution in [2.75, 3.05) is 5.32 Å². The summed E-state index contributed by atoms with van der Waals surface area (Å²) in [5, 5.41) is 3.02. The van der Waals surface area contributed by atoms with Gasteiger partial charge in [-0.3, -0.25) is 0 Å². The normalized spacial score (nSPS) is 10.2. The van der Waals surface area contributed by atoms with Crippen LogP contribution in [0.2, 0.25) is 0 Å². The molecule has 0 spiro atoms. The summed E-state index contributed by atoms with van der Waals surface area (Å²) < 4.78 is 12.6. The summed E-state index contributed by atoms with van der Waals surface area (Å²) in [4.78, 5) is 8.21. The number of hydrogen-bond donors (Lipinski definition) is 1. The zero-order chi connectivity index (χ0) is 11.5. The van der Waals surface area contributed by atoms with Gasteiger partial charge in [-0.1, -0.05) is 0 Å². The molecule has 0 atom stereocenters. The molecule has 0 radical (unpaired) electrons. The molecule has 0 amide bonds. The first-order valence-corrected chi connectivity index (χ1v) is 4.97. The van der Waals surface area contributed by atoms with Gasteiger partial charge in [-0.15, -0.1) is 0 Å². The average molecular weight is 217 g/mol. The largest absolute Gasteiger partial charge is 0.325 e. The molecular weight excluding hydrogens is 205 g/mol. The van der Waals surface area contributed by atoms with E-state index in [-0.39, 0.29) is 5.82 Å². The van der Waals surface area contributed by atoms with E-state index in [1.54, 1.807) is 6.07 Å². The average Bonchev–Trinajstić information content (AvgIpc) is 2.20. The van der Waals surface area contributed by atoms with Crippen LogP contribution in [-0.4, -0.2) is 9.97 Å². The third kappa shape index (κ3) is 2.53. The minimum Gasteiger partial charge on any atom is -0.325 e. The lowest BCUT2D eigenvalue weighted by atomic mass is 10.2. The lowest BCUT2D eigenvalue weighted by Gasteiger charge is -2.06. The second-order valence-electron chi connectivity index (χ2n) is 3.66. The number of pyridine rings is 2. The van der Waals surface area contributed by atoms with Crippen LogP contribution in [0, 0.1) is 19.7 Å². The third-order valence-corrected chi connectivity index (χ3v) is 2.08. The molecule has 4 heteroatoms. The predicted octanol–water partition coefficient (Wildman–Crippen LogP) is 2.98. The van der Waals surface area contributed by atoms with E-state index in [2.05, 4.69) is 15.3 Å². The molecule has 0 bridgehead atoms. The van der Waals surface area contributed by atoms with Gasteiger partial charge in [0.15, 0.2) is 0 Å². The molecular formula is C12H12FN3. The molecule has 0 aliphatic carbocycles. The van der Waals surface area contributed by atoms with Crippen molar-refractivity contribution in [1.29, 1.82) is 0 Å². The van der Waals surface area contributed by atoms with Crippen LogP contribution in [0.1, 0.15) is 11.3 Å². The van der Waals surface area contributed by atoms with Gasteiger partial charge >= 0.3 is 0 Å². The highest BCUT2D eigenvalue weighted by Gasteiger charge is 1.99. The molecule has 16 heavy (non-hydrogen) atoms. The Morgan fingerprint density at radius 1 is 1.12 bits per heavy atom. The molecule has 0 aromatic carbocycles. The maximum absolute atomic E-state index is 12.6. The standard InChI is InChI=1S/C12H12FN3/c1-8-5-9(2)15-12(6-8)16-11-4-3-10(13)7-14-11/h3-7H,1-2H3,(H,14,15,16). The van der Waals surface area contributed by atoms with Gasteiger partial charge in [-0.05, 0) is 43.7 Å². The van der Waals surface area contributed by atoms with Gasteiger partial charge in [-0.25, -0.2) is 14.4 Å². The van der Waals surface area contributed by atoms with Crippen molar-refractivity contribution in [3.63, 3.8) is 0 Å². The van der Waals surface area contributed by atoms with Crippen molar-refractivity contribution in [3.8, 4) is 0 Å². The van der Waals surface area contributed by atoms with Gasteiger partial charge in [0.2, 0.25) is 0 Å². The molecule has 2 rings (SSSR count). The Kier molecular flexibility index (Phi) is 2.81. The van der Waals surface area contributed by atoms with Crippen LogP contribution < -0.4 is 5.32 Å². The summed E-state index contributed by atoms with van der Waals surface area (Å²) >= 11 is 0. The molecule has 0 aliphatic rings. The fourth-order valence-corrected chi connectivity index (χ4v) is 1.49. The smallest absolute Gasteiger partial charge is 0.141 e. The molecule has 0 unspecified atom stereocenters. The van der Waals surface area contributed by atoms with Crippen molar-refractivity contribution >= 4 is 11.6 Å². The monoisotopic (exact) mass is 217 g/mol. The van der Waals surface area contributed by atoms with Crippen molar-refractivity contribution in [1.82, 2.24) is 9.97 Å². The highest BCUT2D eigenvalue weighted by molar-refractivity contribution is 5.52. The summed E-state index contributed by atoms with van der Waals surface area (Å²) in [5.41, 5.74) is 2.06. The van der Waals surface area contributed by atoms with Crippen molar-refractivity contribution < 1.29 is 4.39 Å². The summed E-state index contributed by atoms with van der Waals surface area (Å²) in [7, 11) is 0. The van der Waals surface area contributed by atoms with Gasteiger partial charge in [0.1, 0.15) is 17.5 Å². The van der Waals surface area contributed by atoms with Crippen molar-refractivity contribution in [3.05, 3.63) is 47.5 Å². The number of hydrogen-bond acceptors (Lipinski definition) is 3. The van der Waals surface area contributed by atoms with Crippen LogP contribution in [0.3, 0.4) is 0 Å². The number of rotatable bonds is 2.